The fraction of sp³-hybridized carbons (Fsp3) is 0.188. The Morgan fingerprint density at radius 1 is 1.27 bits per heavy atom. The second-order valence-electron chi connectivity index (χ2n) is 4.44. The van der Waals surface area contributed by atoms with Gasteiger partial charge in [-0.3, -0.25) is 4.79 Å². The van der Waals surface area contributed by atoms with E-state index >= 15 is 0 Å². The third kappa shape index (κ3) is 3.73. The van der Waals surface area contributed by atoms with Crippen LogP contribution in [0.15, 0.2) is 42.6 Å². The van der Waals surface area contributed by atoms with E-state index in [1.807, 2.05) is 6.07 Å². The summed E-state index contributed by atoms with van der Waals surface area (Å²) >= 11 is 0. The molecule has 0 spiro atoms. The van der Waals surface area contributed by atoms with Crippen LogP contribution in [0, 0.1) is 11.3 Å². The molecule has 2 rings (SSSR count). The molecule has 0 saturated carbocycles. The lowest BCUT2D eigenvalue weighted by Crippen LogP contribution is -2.31. The van der Waals surface area contributed by atoms with Gasteiger partial charge < -0.3 is 14.4 Å². The Morgan fingerprint density at radius 3 is 2.55 bits per heavy atom. The topological polar surface area (TPSA) is 75.4 Å². The summed E-state index contributed by atoms with van der Waals surface area (Å²) in [7, 11) is 3.18. The Kier molecular flexibility index (Phi) is 4.94. The van der Waals surface area contributed by atoms with Gasteiger partial charge >= 0.3 is 0 Å². The molecule has 0 N–H and O–H groups in total. The zero-order valence-corrected chi connectivity index (χ0v) is 12.3. The fourth-order valence-electron chi connectivity index (χ4n) is 1.70. The van der Waals surface area contributed by atoms with Crippen molar-refractivity contribution in [3.63, 3.8) is 0 Å². The summed E-state index contributed by atoms with van der Waals surface area (Å²) in [6, 6.07) is 12.0. The summed E-state index contributed by atoms with van der Waals surface area (Å²) in [5.41, 5.74) is 1.19. The van der Waals surface area contributed by atoms with Gasteiger partial charge in [0.15, 0.2) is 6.61 Å². The van der Waals surface area contributed by atoms with Crippen LogP contribution < -0.4 is 14.4 Å². The van der Waals surface area contributed by atoms with Crippen molar-refractivity contribution in [3.8, 4) is 17.7 Å². The largest absolute Gasteiger partial charge is 0.484 e. The average Bonchev–Trinajstić information content (AvgIpc) is 2.59. The van der Waals surface area contributed by atoms with Crippen LogP contribution >= 0.6 is 0 Å². The van der Waals surface area contributed by atoms with Gasteiger partial charge in [-0.1, -0.05) is 0 Å². The lowest BCUT2D eigenvalue weighted by Gasteiger charge is -2.17. The number of hydrogen-bond donors (Lipinski definition) is 0. The SMILES string of the molecule is COc1ccc(N(C)C(=O)COc2ccc(C#N)cc2)cn1. The third-order valence-corrected chi connectivity index (χ3v) is 3.04. The van der Waals surface area contributed by atoms with Crippen molar-refractivity contribution >= 4 is 11.6 Å². The maximum Gasteiger partial charge on any atom is 0.264 e. The molecule has 1 aromatic carbocycles. The van der Waals surface area contributed by atoms with Crippen LogP contribution in [0.3, 0.4) is 0 Å². The van der Waals surface area contributed by atoms with Gasteiger partial charge in [0.2, 0.25) is 5.88 Å². The molecule has 0 saturated heterocycles. The van der Waals surface area contributed by atoms with Crippen molar-refractivity contribution in [2.45, 2.75) is 0 Å². The van der Waals surface area contributed by atoms with Crippen LogP contribution in [0.2, 0.25) is 0 Å². The van der Waals surface area contributed by atoms with E-state index in [1.54, 1.807) is 49.6 Å². The number of amides is 1. The van der Waals surface area contributed by atoms with E-state index in [0.717, 1.165) is 0 Å². The van der Waals surface area contributed by atoms with Crippen LogP contribution in [0.1, 0.15) is 5.56 Å². The lowest BCUT2D eigenvalue weighted by molar-refractivity contribution is -0.120. The zero-order chi connectivity index (χ0) is 15.9. The molecule has 1 amide bonds. The van der Waals surface area contributed by atoms with Gasteiger partial charge in [0.05, 0.1) is 30.6 Å². The maximum absolute atomic E-state index is 12.1. The highest BCUT2D eigenvalue weighted by atomic mass is 16.5. The van der Waals surface area contributed by atoms with Crippen molar-refractivity contribution < 1.29 is 14.3 Å². The third-order valence-electron chi connectivity index (χ3n) is 3.04. The number of nitriles is 1. The minimum Gasteiger partial charge on any atom is -0.484 e. The molecule has 0 aliphatic rings. The monoisotopic (exact) mass is 297 g/mol. The summed E-state index contributed by atoms with van der Waals surface area (Å²) in [5.74, 6) is 0.809. The highest BCUT2D eigenvalue weighted by Crippen LogP contribution is 2.16. The maximum atomic E-state index is 12.1. The molecule has 1 aromatic heterocycles. The Hall–Kier alpha value is -3.07. The van der Waals surface area contributed by atoms with Crippen LogP contribution in [-0.4, -0.2) is 31.7 Å². The van der Waals surface area contributed by atoms with Gasteiger partial charge in [0.1, 0.15) is 5.75 Å². The van der Waals surface area contributed by atoms with Gasteiger partial charge in [-0.2, -0.15) is 5.26 Å². The number of hydrogen-bond acceptors (Lipinski definition) is 5. The smallest absolute Gasteiger partial charge is 0.264 e. The van der Waals surface area contributed by atoms with E-state index in [-0.39, 0.29) is 12.5 Å². The van der Waals surface area contributed by atoms with Crippen molar-refractivity contribution in [3.05, 3.63) is 48.2 Å². The van der Waals surface area contributed by atoms with Crippen LogP contribution in [0.4, 0.5) is 5.69 Å². The number of methoxy groups -OCH3 is 1. The molecule has 112 valence electrons. The zero-order valence-electron chi connectivity index (χ0n) is 12.3. The second-order valence-corrected chi connectivity index (χ2v) is 4.44. The van der Waals surface area contributed by atoms with Gasteiger partial charge in [0.25, 0.3) is 5.91 Å². The summed E-state index contributed by atoms with van der Waals surface area (Å²) in [5, 5.41) is 8.72. The molecule has 0 aliphatic carbocycles. The first kappa shape index (κ1) is 15.3. The number of ether oxygens (including phenoxy) is 2. The quantitative estimate of drug-likeness (QED) is 0.843. The Labute approximate surface area is 128 Å². The minimum atomic E-state index is -0.212. The molecule has 22 heavy (non-hydrogen) atoms. The minimum absolute atomic E-state index is 0.103. The van der Waals surface area contributed by atoms with Gasteiger partial charge in [0, 0.05) is 13.1 Å². The Morgan fingerprint density at radius 2 is 2.00 bits per heavy atom. The number of carbonyl (C=O) groups is 1. The number of pyridine rings is 1. The number of rotatable bonds is 5. The molecular weight excluding hydrogens is 282 g/mol. The van der Waals surface area contributed by atoms with E-state index in [1.165, 1.54) is 12.0 Å². The summed E-state index contributed by atoms with van der Waals surface area (Å²) in [6.07, 6.45) is 1.55. The Bertz CT molecular complexity index is 675. The van der Waals surface area contributed by atoms with Crippen LogP contribution in [0.5, 0.6) is 11.6 Å². The summed E-state index contributed by atoms with van der Waals surface area (Å²) in [6.45, 7) is -0.103. The number of nitrogens with zero attached hydrogens (tertiary/aromatic N) is 3. The number of likely N-dealkylation sites (N-methyl/N-ethyl adjacent to an activating group) is 1. The first-order chi connectivity index (χ1) is 10.6. The van der Waals surface area contributed by atoms with E-state index in [9.17, 15) is 4.79 Å². The van der Waals surface area contributed by atoms with Crippen molar-refractivity contribution in [2.75, 3.05) is 25.7 Å². The second kappa shape index (κ2) is 7.09. The normalized spacial score (nSPS) is 9.68. The van der Waals surface area contributed by atoms with Crippen molar-refractivity contribution in [1.29, 1.82) is 5.26 Å². The fourth-order valence-corrected chi connectivity index (χ4v) is 1.70. The number of carbonyl (C=O) groups excluding carboxylic acids is 1. The van der Waals surface area contributed by atoms with Gasteiger partial charge in [-0.15, -0.1) is 0 Å². The van der Waals surface area contributed by atoms with Crippen LogP contribution in [0.25, 0.3) is 0 Å². The molecule has 0 unspecified atom stereocenters. The van der Waals surface area contributed by atoms with E-state index in [0.29, 0.717) is 22.9 Å². The van der Waals surface area contributed by atoms with Gasteiger partial charge in [-0.05, 0) is 30.3 Å². The number of anilines is 1. The van der Waals surface area contributed by atoms with Crippen LogP contribution in [-0.2, 0) is 4.79 Å². The molecule has 0 aliphatic heterocycles. The molecular formula is C16H15N3O3. The van der Waals surface area contributed by atoms with E-state index < -0.39 is 0 Å². The molecule has 2 aromatic rings. The molecule has 0 atom stereocenters. The molecule has 6 nitrogen and oxygen atoms in total. The summed E-state index contributed by atoms with van der Waals surface area (Å²) < 4.78 is 10.4. The van der Waals surface area contributed by atoms with E-state index in [4.69, 9.17) is 14.7 Å². The first-order valence-corrected chi connectivity index (χ1v) is 6.53. The van der Waals surface area contributed by atoms with Crippen molar-refractivity contribution in [1.82, 2.24) is 4.98 Å². The average molecular weight is 297 g/mol. The molecule has 0 bridgehead atoms. The highest BCUT2D eigenvalue weighted by Gasteiger charge is 2.12. The molecule has 0 radical (unpaired) electrons. The summed E-state index contributed by atoms with van der Waals surface area (Å²) in [4.78, 5) is 17.6. The predicted octanol–water partition coefficient (Wildman–Crippen LogP) is 2.00. The van der Waals surface area contributed by atoms with Crippen molar-refractivity contribution in [2.24, 2.45) is 0 Å². The van der Waals surface area contributed by atoms with E-state index in [2.05, 4.69) is 4.98 Å². The number of aromatic nitrogens is 1. The highest BCUT2D eigenvalue weighted by molar-refractivity contribution is 5.93. The molecule has 6 heteroatoms. The Balaban J connectivity index is 1.94. The standard InChI is InChI=1S/C16H15N3O3/c1-19(13-5-8-15(21-2)18-10-13)16(20)11-22-14-6-3-12(9-17)4-7-14/h3-8,10H,11H2,1-2H3. The molecule has 1 heterocycles. The predicted molar refractivity (Wildman–Crippen MR) is 80.9 cm³/mol. The first-order valence-electron chi connectivity index (χ1n) is 6.53. The van der Waals surface area contributed by atoms with Gasteiger partial charge in [-0.25, -0.2) is 4.98 Å². The molecule has 0 fully saturated rings. The lowest BCUT2D eigenvalue weighted by atomic mass is 10.2. The number of benzene rings is 1.